The topological polar surface area (TPSA) is 93.7 Å². The molecule has 41 heavy (non-hydrogen) atoms. The summed E-state index contributed by atoms with van der Waals surface area (Å²) in [5, 5.41) is 8.57. The molecule has 0 fully saturated rings. The molecule has 0 aliphatic carbocycles. The molecule has 7 nitrogen and oxygen atoms in total. The molecule has 0 aliphatic heterocycles. The molecule has 1 aromatic heterocycles. The Kier molecular flexibility index (Phi) is 9.81. The van der Waals surface area contributed by atoms with E-state index in [4.69, 9.17) is 21.1 Å². The Balaban J connectivity index is 1.45. The van der Waals surface area contributed by atoms with E-state index in [-0.39, 0.29) is 18.1 Å². The molecule has 2 amide bonds. The molecule has 3 aromatic carbocycles. The van der Waals surface area contributed by atoms with Crippen molar-refractivity contribution in [2.45, 2.75) is 40.2 Å². The lowest BCUT2D eigenvalue weighted by atomic mass is 10.0. The summed E-state index contributed by atoms with van der Waals surface area (Å²) in [5.41, 5.74) is 4.91. The van der Waals surface area contributed by atoms with Crippen LogP contribution in [0.15, 0.2) is 72.1 Å². The Morgan fingerprint density at radius 3 is 2.32 bits per heavy atom. The van der Waals surface area contributed by atoms with Crippen LogP contribution < -0.4 is 15.4 Å². The van der Waals surface area contributed by atoms with Gasteiger partial charge in [0.15, 0.2) is 6.10 Å². The molecule has 9 heteroatoms. The highest BCUT2D eigenvalue weighted by Gasteiger charge is 2.23. The van der Waals surface area contributed by atoms with Crippen molar-refractivity contribution < 1.29 is 23.9 Å². The molecular formula is C32H31ClN2O5S. The molecule has 4 rings (SSSR count). The van der Waals surface area contributed by atoms with E-state index >= 15 is 0 Å². The number of para-hydroxylation sites is 1. The summed E-state index contributed by atoms with van der Waals surface area (Å²) in [6.45, 7) is 7.59. The number of thiophene rings is 1. The third kappa shape index (κ3) is 7.14. The fraction of sp³-hybridized carbons (Fsp3) is 0.219. The third-order valence-electron chi connectivity index (χ3n) is 6.44. The molecule has 0 spiro atoms. The molecule has 2 N–H and O–H groups in total. The zero-order chi connectivity index (χ0) is 29.5. The van der Waals surface area contributed by atoms with Crippen molar-refractivity contribution in [1.82, 2.24) is 0 Å². The number of amides is 2. The zero-order valence-electron chi connectivity index (χ0n) is 23.2. The summed E-state index contributed by atoms with van der Waals surface area (Å²) in [6.07, 6.45) is 0.0363. The van der Waals surface area contributed by atoms with Crippen molar-refractivity contribution in [1.29, 1.82) is 0 Å². The summed E-state index contributed by atoms with van der Waals surface area (Å²) in [4.78, 5) is 38.8. The van der Waals surface area contributed by atoms with Gasteiger partial charge in [-0.1, -0.05) is 48.9 Å². The second kappa shape index (κ2) is 13.5. The Labute approximate surface area is 248 Å². The summed E-state index contributed by atoms with van der Waals surface area (Å²) < 4.78 is 11.1. The fourth-order valence-electron chi connectivity index (χ4n) is 4.24. The van der Waals surface area contributed by atoms with Crippen molar-refractivity contribution in [3.63, 3.8) is 0 Å². The van der Waals surface area contributed by atoms with Crippen LogP contribution in [0.1, 0.15) is 52.6 Å². The van der Waals surface area contributed by atoms with Crippen LogP contribution in [0, 0.1) is 6.92 Å². The molecule has 0 bridgehead atoms. The Bertz CT molecular complexity index is 1550. The number of anilines is 2. The number of esters is 1. The number of carbonyl (C=O) groups excluding carboxylic acids is 3. The molecule has 0 saturated heterocycles. The zero-order valence-corrected chi connectivity index (χ0v) is 24.8. The monoisotopic (exact) mass is 590 g/mol. The normalized spacial score (nSPS) is 11.4. The standard InChI is InChI=1S/C32H31ClN2O5S/c1-5-21-9-7-8-19(3)28(21)34-29(36)20(4)40-25-16-12-23(13-17-25)30(37)35-31-27(32(38)39-6-2)26(18-41-31)22-10-14-24(33)15-11-22/h7-18,20H,5-6H2,1-4H3,(H,34,36)(H,35,37)/t20-/m0/s1. The Morgan fingerprint density at radius 1 is 0.951 bits per heavy atom. The van der Waals surface area contributed by atoms with Gasteiger partial charge in [0.1, 0.15) is 16.3 Å². The highest BCUT2D eigenvalue weighted by molar-refractivity contribution is 7.15. The first kappa shape index (κ1) is 29.8. The van der Waals surface area contributed by atoms with E-state index in [0.29, 0.717) is 26.9 Å². The molecule has 0 unspecified atom stereocenters. The van der Waals surface area contributed by atoms with Crippen molar-refractivity contribution in [2.24, 2.45) is 0 Å². The number of rotatable bonds is 10. The second-order valence-corrected chi connectivity index (χ2v) is 10.6. The van der Waals surface area contributed by atoms with E-state index < -0.39 is 18.0 Å². The van der Waals surface area contributed by atoms with Gasteiger partial charge in [0.2, 0.25) is 0 Å². The summed E-state index contributed by atoms with van der Waals surface area (Å²) in [7, 11) is 0. The lowest BCUT2D eigenvalue weighted by Gasteiger charge is -2.18. The quantitative estimate of drug-likeness (QED) is 0.184. The van der Waals surface area contributed by atoms with Gasteiger partial charge in [-0.15, -0.1) is 11.3 Å². The fourth-order valence-corrected chi connectivity index (χ4v) is 5.32. The first-order chi connectivity index (χ1) is 19.7. The van der Waals surface area contributed by atoms with Crippen LogP contribution >= 0.6 is 22.9 Å². The van der Waals surface area contributed by atoms with Crippen LogP contribution in [0.25, 0.3) is 11.1 Å². The van der Waals surface area contributed by atoms with Crippen molar-refractivity contribution in [2.75, 3.05) is 17.2 Å². The molecular weight excluding hydrogens is 560 g/mol. The number of benzene rings is 3. The maximum atomic E-state index is 13.1. The van der Waals surface area contributed by atoms with E-state index in [2.05, 4.69) is 10.6 Å². The number of ether oxygens (including phenoxy) is 2. The summed E-state index contributed by atoms with van der Waals surface area (Å²) in [6, 6.07) is 19.5. The van der Waals surface area contributed by atoms with Gasteiger partial charge in [-0.2, -0.15) is 0 Å². The second-order valence-electron chi connectivity index (χ2n) is 9.27. The van der Waals surface area contributed by atoms with Gasteiger partial charge in [0.05, 0.1) is 6.61 Å². The highest BCUT2D eigenvalue weighted by atomic mass is 35.5. The molecule has 212 valence electrons. The van der Waals surface area contributed by atoms with E-state index in [9.17, 15) is 14.4 Å². The van der Waals surface area contributed by atoms with E-state index in [1.165, 1.54) is 11.3 Å². The lowest BCUT2D eigenvalue weighted by molar-refractivity contribution is -0.122. The number of halogens is 1. The van der Waals surface area contributed by atoms with Gasteiger partial charge in [-0.25, -0.2) is 4.79 Å². The average molecular weight is 591 g/mol. The number of carbonyl (C=O) groups is 3. The van der Waals surface area contributed by atoms with Gasteiger partial charge in [-0.05, 0) is 80.3 Å². The molecule has 1 atom stereocenters. The van der Waals surface area contributed by atoms with Crippen LogP contribution in [-0.4, -0.2) is 30.5 Å². The van der Waals surface area contributed by atoms with Crippen molar-refractivity contribution in [3.05, 3.63) is 99.4 Å². The highest BCUT2D eigenvalue weighted by Crippen LogP contribution is 2.37. The predicted octanol–water partition coefficient (Wildman–Crippen LogP) is 7.77. The van der Waals surface area contributed by atoms with Crippen molar-refractivity contribution in [3.8, 4) is 16.9 Å². The van der Waals surface area contributed by atoms with Gasteiger partial charge < -0.3 is 20.1 Å². The number of hydrogen-bond donors (Lipinski definition) is 2. The van der Waals surface area contributed by atoms with Gasteiger partial charge in [0, 0.05) is 27.2 Å². The third-order valence-corrected chi connectivity index (χ3v) is 7.59. The van der Waals surface area contributed by atoms with Gasteiger partial charge >= 0.3 is 5.97 Å². The van der Waals surface area contributed by atoms with Crippen molar-refractivity contribution >= 4 is 51.4 Å². The van der Waals surface area contributed by atoms with Crippen LogP contribution in [0.4, 0.5) is 10.7 Å². The molecule has 4 aromatic rings. The first-order valence-corrected chi connectivity index (χ1v) is 14.5. The predicted molar refractivity (Wildman–Crippen MR) is 164 cm³/mol. The lowest BCUT2D eigenvalue weighted by Crippen LogP contribution is -2.30. The first-order valence-electron chi connectivity index (χ1n) is 13.2. The van der Waals surface area contributed by atoms with Gasteiger partial charge in [-0.3, -0.25) is 9.59 Å². The number of hydrogen-bond acceptors (Lipinski definition) is 6. The van der Waals surface area contributed by atoms with Crippen LogP contribution in [-0.2, 0) is 16.0 Å². The molecule has 1 heterocycles. The van der Waals surface area contributed by atoms with E-state index in [1.54, 1.807) is 55.6 Å². The number of aryl methyl sites for hydroxylation is 2. The summed E-state index contributed by atoms with van der Waals surface area (Å²) in [5.74, 6) is -0.750. The minimum absolute atomic E-state index is 0.199. The van der Waals surface area contributed by atoms with Gasteiger partial charge in [0.25, 0.3) is 11.8 Å². The average Bonchev–Trinajstić information content (AvgIpc) is 3.38. The van der Waals surface area contributed by atoms with Crippen LogP contribution in [0.2, 0.25) is 5.02 Å². The van der Waals surface area contributed by atoms with Crippen LogP contribution in [0.3, 0.4) is 0 Å². The molecule has 0 radical (unpaired) electrons. The maximum Gasteiger partial charge on any atom is 0.341 e. The Hall–Kier alpha value is -4.14. The smallest absolute Gasteiger partial charge is 0.341 e. The van der Waals surface area contributed by atoms with Crippen LogP contribution in [0.5, 0.6) is 5.75 Å². The van der Waals surface area contributed by atoms with E-state index in [1.807, 2.05) is 44.2 Å². The largest absolute Gasteiger partial charge is 0.481 e. The molecule has 0 saturated carbocycles. The van der Waals surface area contributed by atoms with E-state index in [0.717, 1.165) is 28.8 Å². The Morgan fingerprint density at radius 2 is 1.66 bits per heavy atom. The SMILES string of the molecule is CCOC(=O)c1c(-c2ccc(Cl)cc2)csc1NC(=O)c1ccc(O[C@@H](C)C(=O)Nc2c(C)cccc2CC)cc1. The molecule has 0 aliphatic rings. The minimum Gasteiger partial charge on any atom is -0.481 e. The maximum absolute atomic E-state index is 13.1. The summed E-state index contributed by atoms with van der Waals surface area (Å²) >= 11 is 7.26. The number of nitrogens with one attached hydrogen (secondary N) is 2. The minimum atomic E-state index is -0.761.